The molecule has 0 spiro atoms. The van der Waals surface area contributed by atoms with Gasteiger partial charge in [0.25, 0.3) is 0 Å². The number of amides is 1. The van der Waals surface area contributed by atoms with Crippen molar-refractivity contribution in [2.45, 2.75) is 38.0 Å². The minimum absolute atomic E-state index is 0.139. The lowest BCUT2D eigenvalue weighted by molar-refractivity contribution is -0.120. The molecule has 0 saturated carbocycles. The molecule has 29 heavy (non-hydrogen) atoms. The second-order valence-electron chi connectivity index (χ2n) is 7.37. The smallest absolute Gasteiger partial charge is 0.243 e. The average molecular weight is 417 g/mol. The Bertz CT molecular complexity index is 971. The number of anilines is 1. The summed E-state index contributed by atoms with van der Waals surface area (Å²) >= 11 is 0. The van der Waals surface area contributed by atoms with E-state index in [9.17, 15) is 13.2 Å². The van der Waals surface area contributed by atoms with Crippen LogP contribution >= 0.6 is 0 Å². The molecule has 2 aromatic carbocycles. The summed E-state index contributed by atoms with van der Waals surface area (Å²) in [6, 6.07) is 12.6. The first-order valence-electron chi connectivity index (χ1n) is 9.89. The number of piperidine rings is 1. The molecule has 7 heteroatoms. The van der Waals surface area contributed by atoms with Gasteiger partial charge in [0.1, 0.15) is 5.75 Å². The minimum atomic E-state index is -3.66. The van der Waals surface area contributed by atoms with E-state index in [0.29, 0.717) is 25.1 Å². The molecule has 0 bridgehead atoms. The normalized spacial score (nSPS) is 17.7. The van der Waals surface area contributed by atoms with E-state index in [0.717, 1.165) is 17.7 Å². The number of rotatable bonds is 6. The molecule has 1 N–H and O–H groups in total. The zero-order valence-electron chi connectivity index (χ0n) is 17.1. The molecule has 0 aromatic heterocycles. The maximum atomic E-state index is 13.1. The van der Waals surface area contributed by atoms with Gasteiger partial charge in [-0.25, -0.2) is 8.42 Å². The summed E-state index contributed by atoms with van der Waals surface area (Å²) in [4.78, 5) is 12.9. The van der Waals surface area contributed by atoms with Gasteiger partial charge in [-0.15, -0.1) is 0 Å². The molecule has 3 rings (SSSR count). The summed E-state index contributed by atoms with van der Waals surface area (Å²) in [6.45, 7) is 4.50. The number of nitrogens with zero attached hydrogens (tertiary/aromatic N) is 1. The second kappa shape index (κ2) is 8.97. The van der Waals surface area contributed by atoms with Crippen molar-refractivity contribution in [3.05, 3.63) is 53.6 Å². The van der Waals surface area contributed by atoms with Gasteiger partial charge in [0.05, 0.1) is 17.9 Å². The third kappa shape index (κ3) is 4.79. The van der Waals surface area contributed by atoms with E-state index >= 15 is 0 Å². The zero-order chi connectivity index (χ0) is 21.0. The molecule has 1 heterocycles. The molecule has 1 atom stereocenters. The topological polar surface area (TPSA) is 75.7 Å². The molecular formula is C22H28N2O4S. The molecule has 156 valence electrons. The van der Waals surface area contributed by atoms with Crippen LogP contribution in [0.25, 0.3) is 0 Å². The lowest BCUT2D eigenvalue weighted by Gasteiger charge is -2.31. The Hall–Kier alpha value is -2.38. The van der Waals surface area contributed by atoms with Gasteiger partial charge in [0, 0.05) is 18.8 Å². The minimum Gasteiger partial charge on any atom is -0.496 e. The number of hydrogen-bond donors (Lipinski definition) is 1. The Kier molecular flexibility index (Phi) is 6.59. The summed E-state index contributed by atoms with van der Waals surface area (Å²) in [5.74, 6) is 0.137. The van der Waals surface area contributed by atoms with Gasteiger partial charge < -0.3 is 10.1 Å². The molecule has 1 aliphatic rings. The van der Waals surface area contributed by atoms with Crippen molar-refractivity contribution in [2.24, 2.45) is 5.92 Å². The second-order valence-corrected chi connectivity index (χ2v) is 9.31. The predicted octanol–water partition coefficient (Wildman–Crippen LogP) is 3.61. The van der Waals surface area contributed by atoms with Crippen molar-refractivity contribution >= 4 is 21.6 Å². The number of nitrogens with one attached hydrogen (secondary N) is 1. The molecule has 1 amide bonds. The Labute approximate surface area is 172 Å². The van der Waals surface area contributed by atoms with Crippen LogP contribution in [0.1, 0.15) is 30.9 Å². The number of carbonyl (C=O) groups is 1. The molecule has 6 nitrogen and oxygen atoms in total. The van der Waals surface area contributed by atoms with Crippen LogP contribution in [0.3, 0.4) is 0 Å². The molecular weight excluding hydrogens is 388 g/mol. The molecule has 2 aromatic rings. The van der Waals surface area contributed by atoms with Gasteiger partial charge in [-0.2, -0.15) is 4.31 Å². The number of aryl methyl sites for hydroxylation is 2. The summed E-state index contributed by atoms with van der Waals surface area (Å²) in [5, 5.41) is 2.92. The van der Waals surface area contributed by atoms with Gasteiger partial charge in [-0.05, 0) is 67.6 Å². The molecule has 0 unspecified atom stereocenters. The van der Waals surface area contributed by atoms with E-state index in [1.54, 1.807) is 25.3 Å². The van der Waals surface area contributed by atoms with E-state index in [1.165, 1.54) is 9.87 Å². The number of hydrogen-bond acceptors (Lipinski definition) is 4. The van der Waals surface area contributed by atoms with Crippen molar-refractivity contribution < 1.29 is 17.9 Å². The zero-order valence-corrected chi connectivity index (χ0v) is 18.0. The SMILES string of the molecule is CCc1ccc(NC(=O)[C@H]2CCCN(S(=O)(=O)c3ccc(OC)c(C)c3)C2)cc1. The van der Waals surface area contributed by atoms with Crippen LogP contribution in [0, 0.1) is 12.8 Å². The number of methoxy groups -OCH3 is 1. The Morgan fingerprint density at radius 3 is 2.55 bits per heavy atom. The van der Waals surface area contributed by atoms with Crippen LogP contribution in [-0.4, -0.2) is 38.8 Å². The molecule has 1 saturated heterocycles. The first-order valence-corrected chi connectivity index (χ1v) is 11.3. The maximum Gasteiger partial charge on any atom is 0.243 e. The fraction of sp³-hybridized carbons (Fsp3) is 0.409. The standard InChI is InChI=1S/C22H28N2O4S/c1-4-17-7-9-19(10-8-17)23-22(25)18-6-5-13-24(15-18)29(26,27)20-11-12-21(28-3)16(2)14-20/h7-12,14,18H,4-6,13,15H2,1-3H3,(H,23,25)/t18-/m0/s1. The van der Waals surface area contributed by atoms with Gasteiger partial charge >= 0.3 is 0 Å². The fourth-order valence-corrected chi connectivity index (χ4v) is 5.21. The van der Waals surface area contributed by atoms with Crippen LogP contribution in [-0.2, 0) is 21.2 Å². The number of sulfonamides is 1. The summed E-state index contributed by atoms with van der Waals surface area (Å²) < 4.78 is 32.8. The highest BCUT2D eigenvalue weighted by Gasteiger charge is 2.33. The highest BCUT2D eigenvalue weighted by atomic mass is 32.2. The van der Waals surface area contributed by atoms with Crippen molar-refractivity contribution in [1.82, 2.24) is 4.31 Å². The quantitative estimate of drug-likeness (QED) is 0.781. The third-order valence-electron chi connectivity index (χ3n) is 5.39. The van der Waals surface area contributed by atoms with E-state index in [1.807, 2.05) is 31.2 Å². The Morgan fingerprint density at radius 1 is 1.21 bits per heavy atom. The van der Waals surface area contributed by atoms with Crippen LogP contribution in [0.2, 0.25) is 0 Å². The monoisotopic (exact) mass is 416 g/mol. The molecule has 1 fully saturated rings. The average Bonchev–Trinajstić information content (AvgIpc) is 2.74. The molecule has 1 aliphatic heterocycles. The maximum absolute atomic E-state index is 13.1. The third-order valence-corrected chi connectivity index (χ3v) is 7.25. The van der Waals surface area contributed by atoms with Crippen LogP contribution in [0.4, 0.5) is 5.69 Å². The van der Waals surface area contributed by atoms with Crippen LogP contribution < -0.4 is 10.1 Å². The number of benzene rings is 2. The predicted molar refractivity (Wildman–Crippen MR) is 114 cm³/mol. The van der Waals surface area contributed by atoms with E-state index < -0.39 is 10.0 Å². The Morgan fingerprint density at radius 2 is 1.93 bits per heavy atom. The highest BCUT2D eigenvalue weighted by Crippen LogP contribution is 2.27. The summed E-state index contributed by atoms with van der Waals surface area (Å²) in [5.41, 5.74) is 2.70. The summed E-state index contributed by atoms with van der Waals surface area (Å²) in [6.07, 6.45) is 2.27. The first kappa shape index (κ1) is 21.3. The number of ether oxygens (including phenoxy) is 1. The molecule has 0 radical (unpaired) electrons. The lowest BCUT2D eigenvalue weighted by Crippen LogP contribution is -2.43. The van der Waals surface area contributed by atoms with Crippen molar-refractivity contribution in [1.29, 1.82) is 0 Å². The fourth-order valence-electron chi connectivity index (χ4n) is 3.60. The number of carbonyl (C=O) groups excluding carboxylic acids is 1. The van der Waals surface area contributed by atoms with Crippen molar-refractivity contribution in [2.75, 3.05) is 25.5 Å². The van der Waals surface area contributed by atoms with Gasteiger partial charge in [0.15, 0.2) is 0 Å². The first-order chi connectivity index (χ1) is 13.8. The van der Waals surface area contributed by atoms with E-state index in [-0.39, 0.29) is 23.3 Å². The van der Waals surface area contributed by atoms with Crippen LogP contribution in [0.5, 0.6) is 5.75 Å². The van der Waals surface area contributed by atoms with Gasteiger partial charge in [-0.3, -0.25) is 4.79 Å². The largest absolute Gasteiger partial charge is 0.496 e. The summed E-state index contributed by atoms with van der Waals surface area (Å²) in [7, 11) is -2.10. The van der Waals surface area contributed by atoms with Crippen LogP contribution in [0.15, 0.2) is 47.4 Å². The van der Waals surface area contributed by atoms with Gasteiger partial charge in [0.2, 0.25) is 15.9 Å². The molecule has 0 aliphatic carbocycles. The highest BCUT2D eigenvalue weighted by molar-refractivity contribution is 7.89. The lowest BCUT2D eigenvalue weighted by atomic mass is 9.98. The van der Waals surface area contributed by atoms with Crippen molar-refractivity contribution in [3.63, 3.8) is 0 Å². The van der Waals surface area contributed by atoms with Crippen molar-refractivity contribution in [3.8, 4) is 5.75 Å². The van der Waals surface area contributed by atoms with Gasteiger partial charge in [-0.1, -0.05) is 19.1 Å². The van der Waals surface area contributed by atoms with E-state index in [2.05, 4.69) is 12.2 Å². The van der Waals surface area contributed by atoms with E-state index in [4.69, 9.17) is 4.74 Å². The Balaban J connectivity index is 1.71.